The molecule has 0 aliphatic heterocycles. The first-order valence-electron chi connectivity index (χ1n) is 5.78. The van der Waals surface area contributed by atoms with Gasteiger partial charge in [-0.15, -0.1) is 0 Å². The highest BCUT2D eigenvalue weighted by atomic mass is 79.9. The smallest absolute Gasteiger partial charge is 0.222 e. The van der Waals surface area contributed by atoms with Crippen LogP contribution in [-0.2, 0) is 6.42 Å². The first-order valence-corrected chi connectivity index (χ1v) is 6.58. The molecule has 4 heteroatoms. The van der Waals surface area contributed by atoms with Gasteiger partial charge in [0.05, 0.1) is 4.47 Å². The molecule has 0 aliphatic carbocycles. The molecule has 2 aromatic rings. The molecule has 1 aromatic heterocycles. The van der Waals surface area contributed by atoms with Crippen molar-refractivity contribution in [1.29, 1.82) is 0 Å². The Morgan fingerprint density at radius 1 is 1.33 bits per heavy atom. The summed E-state index contributed by atoms with van der Waals surface area (Å²) in [6, 6.07) is 9.83. The number of halogens is 1. The molecule has 0 bridgehead atoms. The van der Waals surface area contributed by atoms with E-state index in [1.807, 2.05) is 37.3 Å². The molecule has 1 aromatic carbocycles. The Balaban J connectivity index is 2.28. The van der Waals surface area contributed by atoms with Crippen molar-refractivity contribution in [1.82, 2.24) is 4.98 Å². The molecular weight excluding hydrogens is 292 g/mol. The molecule has 3 nitrogen and oxygen atoms in total. The van der Waals surface area contributed by atoms with Gasteiger partial charge in [-0.25, -0.2) is 4.98 Å². The molecule has 0 fully saturated rings. The molecular formula is C14H15BrN2O. The van der Waals surface area contributed by atoms with Gasteiger partial charge in [-0.1, -0.05) is 12.1 Å². The lowest BCUT2D eigenvalue weighted by atomic mass is 10.2. The number of ether oxygens (including phenoxy) is 1. The van der Waals surface area contributed by atoms with Crippen LogP contribution in [0.4, 0.5) is 0 Å². The second-order valence-electron chi connectivity index (χ2n) is 4.04. The SMILES string of the molecule is Cc1ccc(Oc2ncccc2CCN)c(Br)c1. The summed E-state index contributed by atoms with van der Waals surface area (Å²) in [5.41, 5.74) is 7.78. The van der Waals surface area contributed by atoms with Crippen molar-refractivity contribution in [2.45, 2.75) is 13.3 Å². The molecule has 0 saturated carbocycles. The summed E-state index contributed by atoms with van der Waals surface area (Å²) < 4.78 is 6.76. The van der Waals surface area contributed by atoms with Crippen LogP contribution in [0.2, 0.25) is 0 Å². The number of aryl methyl sites for hydroxylation is 1. The van der Waals surface area contributed by atoms with E-state index in [1.165, 1.54) is 5.56 Å². The standard InChI is InChI=1S/C14H15BrN2O/c1-10-4-5-13(12(15)9-10)18-14-11(6-7-16)3-2-8-17-14/h2-5,8-9H,6-7,16H2,1H3. The fraction of sp³-hybridized carbons (Fsp3) is 0.214. The number of hydrogen-bond acceptors (Lipinski definition) is 3. The molecule has 18 heavy (non-hydrogen) atoms. The van der Waals surface area contributed by atoms with Crippen LogP contribution in [-0.4, -0.2) is 11.5 Å². The molecule has 0 radical (unpaired) electrons. The Morgan fingerprint density at radius 2 is 2.17 bits per heavy atom. The molecule has 0 aliphatic rings. The first kappa shape index (κ1) is 13.1. The lowest BCUT2D eigenvalue weighted by Gasteiger charge is -2.10. The van der Waals surface area contributed by atoms with Crippen LogP contribution in [0.25, 0.3) is 0 Å². The van der Waals surface area contributed by atoms with Gasteiger partial charge in [0.25, 0.3) is 0 Å². The Hall–Kier alpha value is -1.39. The molecule has 94 valence electrons. The minimum absolute atomic E-state index is 0.580. The van der Waals surface area contributed by atoms with Crippen LogP contribution < -0.4 is 10.5 Å². The van der Waals surface area contributed by atoms with Crippen LogP contribution in [0, 0.1) is 6.92 Å². The van der Waals surface area contributed by atoms with E-state index in [0.29, 0.717) is 12.4 Å². The third-order valence-electron chi connectivity index (χ3n) is 2.56. The van der Waals surface area contributed by atoms with Crippen molar-refractivity contribution in [2.75, 3.05) is 6.54 Å². The van der Waals surface area contributed by atoms with Crippen LogP contribution >= 0.6 is 15.9 Å². The normalized spacial score (nSPS) is 10.4. The van der Waals surface area contributed by atoms with Gasteiger partial charge in [0, 0.05) is 11.8 Å². The van der Waals surface area contributed by atoms with Gasteiger partial charge in [0.15, 0.2) is 0 Å². The van der Waals surface area contributed by atoms with E-state index < -0.39 is 0 Å². The summed E-state index contributed by atoms with van der Waals surface area (Å²) in [6.45, 7) is 2.62. The number of aromatic nitrogens is 1. The maximum absolute atomic E-state index is 5.83. The largest absolute Gasteiger partial charge is 0.438 e. The summed E-state index contributed by atoms with van der Waals surface area (Å²) >= 11 is 3.49. The Morgan fingerprint density at radius 3 is 2.89 bits per heavy atom. The highest BCUT2D eigenvalue weighted by Crippen LogP contribution is 2.30. The molecule has 0 atom stereocenters. The van der Waals surface area contributed by atoms with Gasteiger partial charge in [0.2, 0.25) is 5.88 Å². The van der Waals surface area contributed by atoms with Crippen molar-refractivity contribution < 1.29 is 4.74 Å². The second-order valence-corrected chi connectivity index (χ2v) is 4.90. The number of benzene rings is 1. The van der Waals surface area contributed by atoms with Gasteiger partial charge in [-0.05, 0) is 59.6 Å². The van der Waals surface area contributed by atoms with E-state index in [9.17, 15) is 0 Å². The zero-order valence-corrected chi connectivity index (χ0v) is 11.8. The molecule has 1 heterocycles. The van der Waals surface area contributed by atoms with Gasteiger partial charge in [-0.3, -0.25) is 0 Å². The number of pyridine rings is 1. The summed E-state index contributed by atoms with van der Waals surface area (Å²) in [5, 5.41) is 0. The van der Waals surface area contributed by atoms with Crippen molar-refractivity contribution in [3.05, 3.63) is 52.1 Å². The third kappa shape index (κ3) is 3.09. The Bertz CT molecular complexity index is 543. The topological polar surface area (TPSA) is 48.1 Å². The summed E-state index contributed by atoms with van der Waals surface area (Å²) in [4.78, 5) is 4.26. The number of rotatable bonds is 4. The van der Waals surface area contributed by atoms with Crippen LogP contribution in [0.15, 0.2) is 41.0 Å². The summed E-state index contributed by atoms with van der Waals surface area (Å²) in [6.07, 6.45) is 2.48. The fourth-order valence-electron chi connectivity index (χ4n) is 1.65. The monoisotopic (exact) mass is 306 g/mol. The number of nitrogens with zero attached hydrogens (tertiary/aromatic N) is 1. The van der Waals surface area contributed by atoms with Crippen LogP contribution in [0.5, 0.6) is 11.6 Å². The fourth-order valence-corrected chi connectivity index (χ4v) is 2.23. The lowest BCUT2D eigenvalue weighted by molar-refractivity contribution is 0.453. The van der Waals surface area contributed by atoms with E-state index in [1.54, 1.807) is 6.20 Å². The van der Waals surface area contributed by atoms with E-state index in [2.05, 4.69) is 20.9 Å². The highest BCUT2D eigenvalue weighted by Gasteiger charge is 2.08. The minimum Gasteiger partial charge on any atom is -0.438 e. The predicted molar refractivity (Wildman–Crippen MR) is 75.9 cm³/mol. The van der Waals surface area contributed by atoms with Crippen LogP contribution in [0.3, 0.4) is 0 Å². The molecule has 2 N–H and O–H groups in total. The molecule has 0 saturated heterocycles. The van der Waals surface area contributed by atoms with Crippen molar-refractivity contribution >= 4 is 15.9 Å². The highest BCUT2D eigenvalue weighted by molar-refractivity contribution is 9.10. The summed E-state index contributed by atoms with van der Waals surface area (Å²) in [7, 11) is 0. The van der Waals surface area contributed by atoms with Crippen molar-refractivity contribution in [3.8, 4) is 11.6 Å². The minimum atomic E-state index is 0.580. The van der Waals surface area contributed by atoms with Gasteiger partial charge in [0.1, 0.15) is 5.75 Å². The third-order valence-corrected chi connectivity index (χ3v) is 3.18. The second kappa shape index (κ2) is 5.98. The molecule has 0 spiro atoms. The molecule has 0 amide bonds. The molecule has 0 unspecified atom stereocenters. The average molecular weight is 307 g/mol. The summed E-state index contributed by atoms with van der Waals surface area (Å²) in [5.74, 6) is 1.38. The first-order chi connectivity index (χ1) is 8.70. The Labute approximate surface area is 115 Å². The van der Waals surface area contributed by atoms with Crippen molar-refractivity contribution in [3.63, 3.8) is 0 Å². The zero-order valence-electron chi connectivity index (χ0n) is 10.2. The number of hydrogen-bond donors (Lipinski definition) is 1. The molecule has 2 rings (SSSR count). The quantitative estimate of drug-likeness (QED) is 0.941. The van der Waals surface area contributed by atoms with Gasteiger partial charge in [-0.2, -0.15) is 0 Å². The van der Waals surface area contributed by atoms with Gasteiger partial charge < -0.3 is 10.5 Å². The van der Waals surface area contributed by atoms with Gasteiger partial charge >= 0.3 is 0 Å². The van der Waals surface area contributed by atoms with Crippen molar-refractivity contribution in [2.24, 2.45) is 5.73 Å². The maximum Gasteiger partial charge on any atom is 0.222 e. The lowest BCUT2D eigenvalue weighted by Crippen LogP contribution is -2.04. The van der Waals surface area contributed by atoms with E-state index in [-0.39, 0.29) is 0 Å². The Kier molecular flexibility index (Phi) is 4.33. The number of nitrogens with two attached hydrogens (primary N) is 1. The van der Waals surface area contributed by atoms with Crippen LogP contribution in [0.1, 0.15) is 11.1 Å². The predicted octanol–water partition coefficient (Wildman–Crippen LogP) is 3.45. The van der Waals surface area contributed by atoms with E-state index in [0.717, 1.165) is 22.2 Å². The zero-order chi connectivity index (χ0) is 13.0. The van der Waals surface area contributed by atoms with E-state index in [4.69, 9.17) is 10.5 Å². The van der Waals surface area contributed by atoms with E-state index >= 15 is 0 Å². The average Bonchev–Trinajstić information content (AvgIpc) is 2.35. The maximum atomic E-state index is 5.83.